The number of ether oxygens (including phenoxy) is 1. The summed E-state index contributed by atoms with van der Waals surface area (Å²) in [6.45, 7) is 10.2. The second kappa shape index (κ2) is 3.62. The lowest BCUT2D eigenvalue weighted by molar-refractivity contribution is -0.0281. The molecule has 0 amide bonds. The zero-order valence-corrected chi connectivity index (χ0v) is 10.6. The van der Waals surface area contributed by atoms with Gasteiger partial charge in [0.1, 0.15) is 0 Å². The van der Waals surface area contributed by atoms with Crippen LogP contribution >= 0.6 is 0 Å². The Hall–Kier alpha value is -0.300. The van der Waals surface area contributed by atoms with E-state index >= 15 is 0 Å². The fraction of sp³-hybridized carbons (Fsp3) is 0.857. The van der Waals surface area contributed by atoms with Crippen LogP contribution in [-0.4, -0.2) is 12.2 Å². The van der Waals surface area contributed by atoms with Gasteiger partial charge < -0.3 is 4.74 Å². The van der Waals surface area contributed by atoms with Gasteiger partial charge in [0.2, 0.25) is 0 Å². The van der Waals surface area contributed by atoms with Crippen LogP contribution in [0.4, 0.5) is 0 Å². The molecule has 0 aromatic heterocycles. The van der Waals surface area contributed by atoms with Crippen LogP contribution < -0.4 is 0 Å². The van der Waals surface area contributed by atoms with Crippen LogP contribution in [0.1, 0.15) is 53.4 Å². The molecule has 0 aromatic carbocycles. The maximum absolute atomic E-state index is 6.20. The summed E-state index contributed by atoms with van der Waals surface area (Å²) < 4.78 is 6.20. The second-order valence-electron chi connectivity index (χ2n) is 5.73. The van der Waals surface area contributed by atoms with Crippen molar-refractivity contribution >= 4 is 0 Å². The van der Waals surface area contributed by atoms with E-state index in [1.54, 1.807) is 5.57 Å². The predicted octanol–water partition coefficient (Wildman–Crippen LogP) is 3.94. The largest absolute Gasteiger partial charge is 0.374 e. The first kappa shape index (κ1) is 11.2. The van der Waals surface area contributed by atoms with E-state index in [0.29, 0.717) is 5.41 Å². The average molecular weight is 208 g/mol. The molecule has 0 bridgehead atoms. The van der Waals surface area contributed by atoms with E-state index < -0.39 is 0 Å². The topological polar surface area (TPSA) is 9.23 Å². The first-order valence-electron chi connectivity index (χ1n) is 6.36. The Kier molecular flexibility index (Phi) is 2.70. The SMILES string of the molecule is CCC1(CC)OCC2(C)CC=C(C)CC21. The molecule has 2 aliphatic rings. The number of hydrogen-bond donors (Lipinski definition) is 0. The quantitative estimate of drug-likeness (QED) is 0.625. The van der Waals surface area contributed by atoms with E-state index in [1.165, 1.54) is 12.8 Å². The normalized spacial score (nSPS) is 38.7. The van der Waals surface area contributed by atoms with Gasteiger partial charge in [-0.15, -0.1) is 0 Å². The van der Waals surface area contributed by atoms with Crippen molar-refractivity contribution in [2.24, 2.45) is 11.3 Å². The Morgan fingerprint density at radius 1 is 1.40 bits per heavy atom. The van der Waals surface area contributed by atoms with Crippen molar-refractivity contribution in [2.75, 3.05) is 6.61 Å². The molecule has 2 rings (SSSR count). The minimum Gasteiger partial charge on any atom is -0.374 e. The van der Waals surface area contributed by atoms with Crippen LogP contribution in [0, 0.1) is 11.3 Å². The summed E-state index contributed by atoms with van der Waals surface area (Å²) in [5.74, 6) is 0.741. The Bertz CT molecular complexity index is 275. The van der Waals surface area contributed by atoms with E-state index in [0.717, 1.165) is 25.4 Å². The number of rotatable bonds is 2. The lowest BCUT2D eigenvalue weighted by Gasteiger charge is -2.41. The number of allylic oxidation sites excluding steroid dienone is 2. The van der Waals surface area contributed by atoms with Gasteiger partial charge in [-0.2, -0.15) is 0 Å². The van der Waals surface area contributed by atoms with Crippen molar-refractivity contribution in [1.29, 1.82) is 0 Å². The molecule has 0 aromatic rings. The molecular formula is C14H24O. The van der Waals surface area contributed by atoms with Gasteiger partial charge in [-0.05, 0) is 38.5 Å². The lowest BCUT2D eigenvalue weighted by atomic mass is 9.63. The highest BCUT2D eigenvalue weighted by Gasteiger charge is 2.54. The molecule has 0 spiro atoms. The highest BCUT2D eigenvalue weighted by Crippen LogP contribution is 2.55. The maximum Gasteiger partial charge on any atom is 0.0714 e. The van der Waals surface area contributed by atoms with Gasteiger partial charge in [0.15, 0.2) is 0 Å². The van der Waals surface area contributed by atoms with Crippen molar-refractivity contribution < 1.29 is 4.74 Å². The Balaban J connectivity index is 2.31. The van der Waals surface area contributed by atoms with Crippen molar-refractivity contribution in [2.45, 2.75) is 59.0 Å². The molecule has 1 fully saturated rings. The molecule has 1 heteroatoms. The van der Waals surface area contributed by atoms with Gasteiger partial charge >= 0.3 is 0 Å². The van der Waals surface area contributed by atoms with Crippen LogP contribution in [0.25, 0.3) is 0 Å². The Morgan fingerprint density at radius 2 is 2.07 bits per heavy atom. The minimum atomic E-state index is 0.171. The van der Waals surface area contributed by atoms with Crippen LogP contribution in [0.3, 0.4) is 0 Å². The molecule has 0 saturated carbocycles. The first-order valence-corrected chi connectivity index (χ1v) is 6.36. The standard InChI is InChI=1S/C14H24O/c1-5-14(6-2)12-9-11(3)7-8-13(12,4)10-15-14/h7,12H,5-6,8-10H2,1-4H3. The van der Waals surface area contributed by atoms with E-state index in [4.69, 9.17) is 4.74 Å². The minimum absolute atomic E-state index is 0.171. The zero-order chi connectivity index (χ0) is 11.1. The van der Waals surface area contributed by atoms with Crippen molar-refractivity contribution in [1.82, 2.24) is 0 Å². The van der Waals surface area contributed by atoms with Gasteiger partial charge in [-0.1, -0.05) is 32.4 Å². The highest BCUT2D eigenvalue weighted by atomic mass is 16.5. The summed E-state index contributed by atoms with van der Waals surface area (Å²) in [6.07, 6.45) is 7.21. The summed E-state index contributed by atoms with van der Waals surface area (Å²) >= 11 is 0. The molecule has 1 heterocycles. The highest BCUT2D eigenvalue weighted by molar-refractivity contribution is 5.16. The molecule has 0 N–H and O–H groups in total. The van der Waals surface area contributed by atoms with E-state index in [2.05, 4.69) is 33.8 Å². The van der Waals surface area contributed by atoms with Crippen molar-refractivity contribution in [3.63, 3.8) is 0 Å². The molecule has 2 atom stereocenters. The number of hydrogen-bond acceptors (Lipinski definition) is 1. The van der Waals surface area contributed by atoms with Crippen molar-refractivity contribution in [3.05, 3.63) is 11.6 Å². The maximum atomic E-state index is 6.20. The summed E-state index contributed by atoms with van der Waals surface area (Å²) in [7, 11) is 0. The summed E-state index contributed by atoms with van der Waals surface area (Å²) in [5.41, 5.74) is 2.14. The summed E-state index contributed by atoms with van der Waals surface area (Å²) in [4.78, 5) is 0. The van der Waals surface area contributed by atoms with Crippen molar-refractivity contribution in [3.8, 4) is 0 Å². The van der Waals surface area contributed by atoms with E-state index in [9.17, 15) is 0 Å². The van der Waals surface area contributed by atoms with Gasteiger partial charge in [0.05, 0.1) is 12.2 Å². The Labute approximate surface area is 93.9 Å². The fourth-order valence-corrected chi connectivity index (χ4v) is 3.54. The summed E-state index contributed by atoms with van der Waals surface area (Å²) in [6, 6.07) is 0. The smallest absolute Gasteiger partial charge is 0.0714 e. The van der Waals surface area contributed by atoms with Gasteiger partial charge in [0, 0.05) is 5.41 Å². The molecule has 1 saturated heterocycles. The third kappa shape index (κ3) is 1.56. The molecular weight excluding hydrogens is 184 g/mol. The summed E-state index contributed by atoms with van der Waals surface area (Å²) in [5, 5.41) is 0. The van der Waals surface area contributed by atoms with Gasteiger partial charge in [-0.25, -0.2) is 0 Å². The van der Waals surface area contributed by atoms with Gasteiger partial charge in [-0.3, -0.25) is 0 Å². The van der Waals surface area contributed by atoms with E-state index in [1.807, 2.05) is 0 Å². The lowest BCUT2D eigenvalue weighted by Crippen LogP contribution is -2.40. The average Bonchev–Trinajstić information content (AvgIpc) is 2.53. The molecule has 15 heavy (non-hydrogen) atoms. The Morgan fingerprint density at radius 3 is 2.67 bits per heavy atom. The second-order valence-corrected chi connectivity index (χ2v) is 5.73. The molecule has 1 nitrogen and oxygen atoms in total. The third-order valence-electron chi connectivity index (χ3n) is 4.81. The fourth-order valence-electron chi connectivity index (χ4n) is 3.54. The van der Waals surface area contributed by atoms with E-state index in [-0.39, 0.29) is 5.60 Å². The molecule has 0 radical (unpaired) electrons. The number of fused-ring (bicyclic) bond motifs is 1. The van der Waals surface area contributed by atoms with Crippen LogP contribution in [-0.2, 0) is 4.74 Å². The molecule has 86 valence electrons. The van der Waals surface area contributed by atoms with Crippen LogP contribution in [0.2, 0.25) is 0 Å². The third-order valence-corrected chi connectivity index (χ3v) is 4.81. The molecule has 1 aliphatic carbocycles. The van der Waals surface area contributed by atoms with Gasteiger partial charge in [0.25, 0.3) is 0 Å². The zero-order valence-electron chi connectivity index (χ0n) is 10.6. The molecule has 1 aliphatic heterocycles. The van der Waals surface area contributed by atoms with Crippen LogP contribution in [0.15, 0.2) is 11.6 Å². The molecule has 2 unspecified atom stereocenters. The predicted molar refractivity (Wildman–Crippen MR) is 63.9 cm³/mol. The van der Waals surface area contributed by atoms with Crippen LogP contribution in [0.5, 0.6) is 0 Å². The first-order chi connectivity index (χ1) is 7.06. The monoisotopic (exact) mass is 208 g/mol.